The number of methoxy groups -OCH3 is 1. The lowest BCUT2D eigenvalue weighted by Crippen LogP contribution is -2.15. The number of benzene rings is 2. The van der Waals surface area contributed by atoms with E-state index in [-0.39, 0.29) is 11.0 Å². The Morgan fingerprint density at radius 1 is 1.17 bits per heavy atom. The fraction of sp³-hybridized carbons (Fsp3) is 0.286. The van der Waals surface area contributed by atoms with E-state index in [2.05, 4.69) is 26.1 Å². The first-order valence-corrected chi connectivity index (χ1v) is 11.2. The standard InChI is InChI=1S/C21H21BrClN3O2S/c1-14(19(27)15-4-8-17(22)9-5-15)29-21-25-24-20(26(21)12-3-13-28-2)16-6-10-18(23)11-7-16/h4-11,14H,3,12-13H2,1-2H3/t14-/m0/s1. The minimum absolute atomic E-state index is 0.0574. The maximum atomic E-state index is 12.8. The molecule has 3 rings (SSSR count). The minimum Gasteiger partial charge on any atom is -0.385 e. The van der Waals surface area contributed by atoms with Gasteiger partial charge in [-0.05, 0) is 49.7 Å². The molecule has 1 heterocycles. The minimum atomic E-state index is -0.292. The Balaban J connectivity index is 1.84. The molecule has 0 fully saturated rings. The van der Waals surface area contributed by atoms with Crippen molar-refractivity contribution in [2.45, 2.75) is 30.3 Å². The van der Waals surface area contributed by atoms with Gasteiger partial charge in [0.25, 0.3) is 0 Å². The number of ether oxygens (including phenoxy) is 1. The fourth-order valence-corrected chi connectivity index (χ4v) is 4.16. The van der Waals surface area contributed by atoms with Gasteiger partial charge in [-0.3, -0.25) is 4.79 Å². The molecule has 8 heteroatoms. The molecule has 0 unspecified atom stereocenters. The molecule has 0 N–H and O–H groups in total. The molecule has 1 aromatic heterocycles. The van der Waals surface area contributed by atoms with Gasteiger partial charge in [-0.15, -0.1) is 10.2 Å². The molecule has 0 aliphatic heterocycles. The van der Waals surface area contributed by atoms with Crippen LogP contribution in [-0.4, -0.2) is 39.5 Å². The number of carbonyl (C=O) groups is 1. The predicted molar refractivity (Wildman–Crippen MR) is 121 cm³/mol. The van der Waals surface area contributed by atoms with E-state index in [1.165, 1.54) is 11.8 Å². The van der Waals surface area contributed by atoms with E-state index >= 15 is 0 Å². The van der Waals surface area contributed by atoms with Crippen LogP contribution in [-0.2, 0) is 11.3 Å². The van der Waals surface area contributed by atoms with Gasteiger partial charge in [0.1, 0.15) is 0 Å². The second kappa shape index (κ2) is 10.4. The number of rotatable bonds is 9. The van der Waals surface area contributed by atoms with Crippen LogP contribution in [0.25, 0.3) is 11.4 Å². The Morgan fingerprint density at radius 2 is 1.86 bits per heavy atom. The van der Waals surface area contributed by atoms with Crippen LogP contribution in [0.5, 0.6) is 0 Å². The van der Waals surface area contributed by atoms with Crippen LogP contribution in [0.2, 0.25) is 5.02 Å². The number of thioether (sulfide) groups is 1. The van der Waals surface area contributed by atoms with Crippen LogP contribution in [0, 0.1) is 0 Å². The number of aromatic nitrogens is 3. The van der Waals surface area contributed by atoms with Crippen LogP contribution < -0.4 is 0 Å². The van der Waals surface area contributed by atoms with E-state index in [4.69, 9.17) is 16.3 Å². The highest BCUT2D eigenvalue weighted by Crippen LogP contribution is 2.29. The van der Waals surface area contributed by atoms with E-state index < -0.39 is 0 Å². The van der Waals surface area contributed by atoms with Crippen molar-refractivity contribution in [1.82, 2.24) is 14.8 Å². The maximum absolute atomic E-state index is 12.8. The Kier molecular flexibility index (Phi) is 7.89. The summed E-state index contributed by atoms with van der Waals surface area (Å²) in [7, 11) is 1.68. The lowest BCUT2D eigenvalue weighted by molar-refractivity contribution is 0.0994. The molecule has 5 nitrogen and oxygen atoms in total. The molecule has 0 amide bonds. The van der Waals surface area contributed by atoms with Gasteiger partial charge in [-0.2, -0.15) is 0 Å². The molecular weight excluding hydrogens is 474 g/mol. The Hall–Kier alpha value is -1.67. The number of ketones is 1. The molecule has 0 saturated carbocycles. The normalized spacial score (nSPS) is 12.1. The number of hydrogen-bond acceptors (Lipinski definition) is 5. The van der Waals surface area contributed by atoms with E-state index in [1.54, 1.807) is 7.11 Å². The van der Waals surface area contributed by atoms with Crippen molar-refractivity contribution >= 4 is 45.1 Å². The lowest BCUT2D eigenvalue weighted by atomic mass is 10.1. The van der Waals surface area contributed by atoms with Crippen molar-refractivity contribution in [3.05, 3.63) is 63.6 Å². The molecule has 0 radical (unpaired) electrons. The summed E-state index contributed by atoms with van der Waals surface area (Å²) in [5.41, 5.74) is 1.61. The number of halogens is 2. The van der Waals surface area contributed by atoms with Crippen molar-refractivity contribution in [1.29, 1.82) is 0 Å². The van der Waals surface area contributed by atoms with Crippen molar-refractivity contribution in [2.75, 3.05) is 13.7 Å². The summed E-state index contributed by atoms with van der Waals surface area (Å²) in [6.45, 7) is 3.22. The highest BCUT2D eigenvalue weighted by molar-refractivity contribution is 9.10. The van der Waals surface area contributed by atoms with E-state index in [1.807, 2.05) is 60.0 Å². The highest BCUT2D eigenvalue weighted by atomic mass is 79.9. The Labute approximate surface area is 187 Å². The van der Waals surface area contributed by atoms with Gasteiger partial charge < -0.3 is 9.30 Å². The topological polar surface area (TPSA) is 57.0 Å². The molecule has 1 atom stereocenters. The smallest absolute Gasteiger partial charge is 0.192 e. The van der Waals surface area contributed by atoms with Crippen molar-refractivity contribution < 1.29 is 9.53 Å². The zero-order valence-electron chi connectivity index (χ0n) is 16.1. The average molecular weight is 495 g/mol. The van der Waals surface area contributed by atoms with Gasteiger partial charge >= 0.3 is 0 Å². The van der Waals surface area contributed by atoms with Gasteiger partial charge in [0.05, 0.1) is 5.25 Å². The zero-order chi connectivity index (χ0) is 20.8. The van der Waals surface area contributed by atoms with Crippen LogP contribution in [0.4, 0.5) is 0 Å². The first-order chi connectivity index (χ1) is 14.0. The van der Waals surface area contributed by atoms with Crippen molar-refractivity contribution in [2.24, 2.45) is 0 Å². The second-order valence-corrected chi connectivity index (χ2v) is 9.10. The van der Waals surface area contributed by atoms with E-state index in [0.29, 0.717) is 28.9 Å². The molecule has 29 heavy (non-hydrogen) atoms. The number of hydrogen-bond donors (Lipinski definition) is 0. The third-order valence-electron chi connectivity index (χ3n) is 4.33. The van der Waals surface area contributed by atoms with E-state index in [9.17, 15) is 4.79 Å². The maximum Gasteiger partial charge on any atom is 0.192 e. The quantitative estimate of drug-likeness (QED) is 0.215. The van der Waals surface area contributed by atoms with Crippen LogP contribution in [0.3, 0.4) is 0 Å². The molecule has 0 saturated heterocycles. The van der Waals surface area contributed by atoms with Gasteiger partial charge in [-0.25, -0.2) is 0 Å². The molecule has 3 aromatic rings. The summed E-state index contributed by atoms with van der Waals surface area (Å²) in [6, 6.07) is 14.9. The molecule has 0 spiro atoms. The third-order valence-corrected chi connectivity index (χ3v) is 6.19. The highest BCUT2D eigenvalue weighted by Gasteiger charge is 2.21. The van der Waals surface area contributed by atoms with Gasteiger partial charge in [-0.1, -0.05) is 51.4 Å². The summed E-state index contributed by atoms with van der Waals surface area (Å²) in [5.74, 6) is 0.811. The Bertz CT molecular complexity index is 961. The summed E-state index contributed by atoms with van der Waals surface area (Å²) in [4.78, 5) is 12.8. The molecular formula is C21H21BrClN3O2S. The summed E-state index contributed by atoms with van der Waals surface area (Å²) >= 11 is 10.8. The summed E-state index contributed by atoms with van der Waals surface area (Å²) in [6.07, 6.45) is 0.817. The summed E-state index contributed by atoms with van der Waals surface area (Å²) in [5, 5.41) is 9.84. The van der Waals surface area contributed by atoms with Crippen molar-refractivity contribution in [3.8, 4) is 11.4 Å². The largest absolute Gasteiger partial charge is 0.385 e. The SMILES string of the molecule is COCCCn1c(S[C@@H](C)C(=O)c2ccc(Br)cc2)nnc1-c1ccc(Cl)cc1. The van der Waals surface area contributed by atoms with Crippen molar-refractivity contribution in [3.63, 3.8) is 0 Å². The third kappa shape index (κ3) is 5.69. The van der Waals surface area contributed by atoms with Gasteiger partial charge in [0, 0.05) is 40.9 Å². The first kappa shape index (κ1) is 22.0. The number of Topliss-reactive ketones (excluding diaryl/α,β-unsaturated/α-hetero) is 1. The van der Waals surface area contributed by atoms with Gasteiger partial charge in [0.15, 0.2) is 16.8 Å². The van der Waals surface area contributed by atoms with E-state index in [0.717, 1.165) is 22.3 Å². The number of carbonyl (C=O) groups excluding carboxylic acids is 1. The van der Waals surface area contributed by atoms with Crippen LogP contribution >= 0.6 is 39.3 Å². The molecule has 0 aliphatic carbocycles. The predicted octanol–water partition coefficient (Wildman–Crippen LogP) is 5.76. The average Bonchev–Trinajstić information content (AvgIpc) is 3.11. The summed E-state index contributed by atoms with van der Waals surface area (Å²) < 4.78 is 8.18. The Morgan fingerprint density at radius 3 is 2.52 bits per heavy atom. The molecule has 2 aromatic carbocycles. The lowest BCUT2D eigenvalue weighted by Gasteiger charge is -2.13. The molecule has 0 bridgehead atoms. The number of nitrogens with zero attached hydrogens (tertiary/aromatic N) is 3. The monoisotopic (exact) mass is 493 g/mol. The second-order valence-electron chi connectivity index (χ2n) is 6.44. The molecule has 152 valence electrons. The first-order valence-electron chi connectivity index (χ1n) is 9.14. The van der Waals surface area contributed by atoms with Gasteiger partial charge in [0.2, 0.25) is 0 Å². The fourth-order valence-electron chi connectivity index (χ4n) is 2.82. The van der Waals surface area contributed by atoms with Crippen LogP contribution in [0.1, 0.15) is 23.7 Å². The van der Waals surface area contributed by atoms with Crippen LogP contribution in [0.15, 0.2) is 58.2 Å². The zero-order valence-corrected chi connectivity index (χ0v) is 19.3. The molecule has 0 aliphatic rings.